The molecule has 22 heavy (non-hydrogen) atoms. The van der Waals surface area contributed by atoms with Gasteiger partial charge in [0.15, 0.2) is 5.11 Å². The third-order valence-electron chi connectivity index (χ3n) is 2.57. The summed E-state index contributed by atoms with van der Waals surface area (Å²) in [5.41, 5.74) is 0.387. The fraction of sp³-hybridized carbons (Fsp3) is 0.385. The monoisotopic (exact) mass is 383 g/mol. The number of carbonyl (C=O) groups is 1. The van der Waals surface area contributed by atoms with Gasteiger partial charge < -0.3 is 21.1 Å². The van der Waals surface area contributed by atoms with Crippen molar-refractivity contribution in [1.82, 2.24) is 10.6 Å². The maximum atomic E-state index is 11.8. The number of alkyl halides is 3. The Labute approximate surface area is 149 Å². The van der Waals surface area contributed by atoms with Gasteiger partial charge in [0.25, 0.3) is 0 Å². The SMILES string of the molecule is CC(C)C(=O)N[C@@H](NC(=S)Nc1ccccc1O)C(Cl)(Cl)Cl. The Morgan fingerprint density at radius 2 is 1.82 bits per heavy atom. The van der Waals surface area contributed by atoms with E-state index in [9.17, 15) is 9.90 Å². The average molecular weight is 385 g/mol. The first-order valence-corrected chi connectivity index (χ1v) is 7.88. The molecule has 5 nitrogen and oxygen atoms in total. The van der Waals surface area contributed by atoms with Crippen LogP contribution in [-0.4, -0.2) is 26.1 Å². The molecule has 0 saturated carbocycles. The summed E-state index contributed by atoms with van der Waals surface area (Å²) in [4.78, 5) is 11.8. The van der Waals surface area contributed by atoms with Crippen LogP contribution in [0.1, 0.15) is 13.8 Å². The molecule has 0 aliphatic heterocycles. The molecule has 0 unspecified atom stereocenters. The summed E-state index contributed by atoms with van der Waals surface area (Å²) in [6, 6.07) is 6.51. The van der Waals surface area contributed by atoms with Crippen molar-refractivity contribution in [2.45, 2.75) is 23.8 Å². The number of para-hydroxylation sites is 2. The lowest BCUT2D eigenvalue weighted by Gasteiger charge is -2.28. The summed E-state index contributed by atoms with van der Waals surface area (Å²) in [6.07, 6.45) is -1.03. The lowest BCUT2D eigenvalue weighted by atomic mass is 10.2. The number of hydrogen-bond acceptors (Lipinski definition) is 3. The quantitative estimate of drug-likeness (QED) is 0.278. The molecule has 1 rings (SSSR count). The lowest BCUT2D eigenvalue weighted by molar-refractivity contribution is -0.124. The van der Waals surface area contributed by atoms with Crippen LogP contribution in [0.15, 0.2) is 24.3 Å². The first-order valence-electron chi connectivity index (χ1n) is 6.34. The standard InChI is InChI=1S/C13H16Cl3N3O2S/c1-7(2)10(21)18-11(13(14,15)16)19-12(22)17-8-5-3-4-6-9(8)20/h3-7,11,20H,1-2H3,(H,18,21)(H2,17,19,22)/t11-/m0/s1. The highest BCUT2D eigenvalue weighted by Crippen LogP contribution is 2.29. The molecule has 0 aromatic heterocycles. The maximum Gasteiger partial charge on any atom is 0.228 e. The first-order chi connectivity index (χ1) is 10.1. The lowest BCUT2D eigenvalue weighted by Crippen LogP contribution is -2.56. The second-order valence-electron chi connectivity index (χ2n) is 4.75. The van der Waals surface area contributed by atoms with E-state index in [-0.39, 0.29) is 22.7 Å². The van der Waals surface area contributed by atoms with Crippen LogP contribution in [0.5, 0.6) is 5.75 Å². The first kappa shape index (κ1) is 19.1. The van der Waals surface area contributed by atoms with Gasteiger partial charge in [0.1, 0.15) is 11.9 Å². The molecule has 0 spiro atoms. The van der Waals surface area contributed by atoms with Crippen molar-refractivity contribution in [2.24, 2.45) is 5.92 Å². The summed E-state index contributed by atoms with van der Waals surface area (Å²) in [5.74, 6) is -0.561. The van der Waals surface area contributed by atoms with Crippen LogP contribution >= 0.6 is 47.0 Å². The zero-order valence-electron chi connectivity index (χ0n) is 11.9. The molecule has 0 radical (unpaired) electrons. The van der Waals surface area contributed by atoms with E-state index in [2.05, 4.69) is 16.0 Å². The Morgan fingerprint density at radius 3 is 2.32 bits per heavy atom. The number of nitrogens with one attached hydrogen (secondary N) is 3. The van der Waals surface area contributed by atoms with Crippen LogP contribution < -0.4 is 16.0 Å². The number of benzene rings is 1. The van der Waals surface area contributed by atoms with Crippen LogP contribution in [0, 0.1) is 5.92 Å². The highest BCUT2D eigenvalue weighted by Gasteiger charge is 2.35. The van der Waals surface area contributed by atoms with Crippen molar-refractivity contribution in [3.63, 3.8) is 0 Å². The van der Waals surface area contributed by atoms with Crippen LogP contribution in [0.2, 0.25) is 0 Å². The Hall–Kier alpha value is -0.950. The fourth-order valence-corrected chi connectivity index (χ4v) is 1.93. The third-order valence-corrected chi connectivity index (χ3v) is 3.44. The Bertz CT molecular complexity index is 550. The number of halogens is 3. The van der Waals surface area contributed by atoms with Crippen molar-refractivity contribution in [3.8, 4) is 5.75 Å². The van der Waals surface area contributed by atoms with Crippen molar-refractivity contribution >= 4 is 63.7 Å². The van der Waals surface area contributed by atoms with E-state index < -0.39 is 9.96 Å². The second-order valence-corrected chi connectivity index (χ2v) is 7.53. The van der Waals surface area contributed by atoms with E-state index in [1.165, 1.54) is 6.07 Å². The van der Waals surface area contributed by atoms with E-state index in [1.807, 2.05) is 0 Å². The maximum absolute atomic E-state index is 11.8. The molecule has 1 aromatic carbocycles. The molecule has 1 aromatic rings. The minimum Gasteiger partial charge on any atom is -0.506 e. The molecule has 0 saturated heterocycles. The van der Waals surface area contributed by atoms with E-state index in [0.29, 0.717) is 5.69 Å². The molecule has 9 heteroatoms. The zero-order valence-corrected chi connectivity index (χ0v) is 14.9. The highest BCUT2D eigenvalue weighted by molar-refractivity contribution is 7.80. The third kappa shape index (κ3) is 6.04. The second kappa shape index (κ2) is 8.06. The van der Waals surface area contributed by atoms with Gasteiger partial charge in [-0.2, -0.15) is 0 Å². The van der Waals surface area contributed by atoms with Crippen LogP contribution in [0.25, 0.3) is 0 Å². The average Bonchev–Trinajstić information content (AvgIpc) is 2.39. The van der Waals surface area contributed by atoms with Gasteiger partial charge in [0.05, 0.1) is 5.69 Å². The largest absolute Gasteiger partial charge is 0.506 e. The zero-order chi connectivity index (χ0) is 16.9. The number of amides is 1. The summed E-state index contributed by atoms with van der Waals surface area (Å²) in [7, 11) is 0. The molecule has 0 heterocycles. The topological polar surface area (TPSA) is 73.4 Å². The van der Waals surface area contributed by atoms with Crippen LogP contribution in [-0.2, 0) is 4.79 Å². The van der Waals surface area contributed by atoms with Crippen molar-refractivity contribution in [3.05, 3.63) is 24.3 Å². The predicted octanol–water partition coefficient (Wildman–Crippen LogP) is 3.15. The summed E-state index contributed by atoms with van der Waals surface area (Å²) >= 11 is 22.6. The number of phenols is 1. The minimum absolute atomic E-state index is 0.0169. The number of carbonyl (C=O) groups excluding carboxylic acids is 1. The number of hydrogen-bond donors (Lipinski definition) is 4. The summed E-state index contributed by atoms with van der Waals surface area (Å²) < 4.78 is -1.81. The molecule has 0 aliphatic rings. The molecule has 1 atom stereocenters. The Balaban J connectivity index is 2.75. The van der Waals surface area contributed by atoms with Gasteiger partial charge in [-0.25, -0.2) is 0 Å². The number of aromatic hydroxyl groups is 1. The minimum atomic E-state index is -1.81. The number of phenolic OH excluding ortho intramolecular Hbond substituents is 1. The van der Waals surface area contributed by atoms with Crippen molar-refractivity contribution < 1.29 is 9.90 Å². The molecule has 0 aliphatic carbocycles. The highest BCUT2D eigenvalue weighted by atomic mass is 35.6. The van der Waals surface area contributed by atoms with Crippen molar-refractivity contribution in [1.29, 1.82) is 0 Å². The molecular formula is C13H16Cl3N3O2S. The van der Waals surface area contributed by atoms with Gasteiger partial charge >= 0.3 is 0 Å². The van der Waals surface area contributed by atoms with E-state index in [1.54, 1.807) is 32.0 Å². The Morgan fingerprint density at radius 1 is 1.23 bits per heavy atom. The number of thiocarbonyl (C=S) groups is 1. The molecule has 0 bridgehead atoms. The number of rotatable bonds is 4. The molecule has 0 fully saturated rings. The summed E-state index contributed by atoms with van der Waals surface area (Å²) in [6.45, 7) is 3.42. The van der Waals surface area contributed by atoms with Gasteiger partial charge in [0.2, 0.25) is 9.70 Å². The van der Waals surface area contributed by atoms with E-state index in [4.69, 9.17) is 47.0 Å². The Kier molecular flexibility index (Phi) is 6.99. The van der Waals surface area contributed by atoms with Crippen molar-refractivity contribution in [2.75, 3.05) is 5.32 Å². The predicted molar refractivity (Wildman–Crippen MR) is 94.5 cm³/mol. The molecule has 1 amide bonds. The molecule has 4 N–H and O–H groups in total. The van der Waals surface area contributed by atoms with Crippen LogP contribution in [0.4, 0.5) is 5.69 Å². The smallest absolute Gasteiger partial charge is 0.228 e. The van der Waals surface area contributed by atoms with Gasteiger partial charge in [0, 0.05) is 5.92 Å². The van der Waals surface area contributed by atoms with E-state index >= 15 is 0 Å². The van der Waals surface area contributed by atoms with E-state index in [0.717, 1.165) is 0 Å². The summed E-state index contributed by atoms with van der Waals surface area (Å²) in [5, 5.41) is 17.8. The fourth-order valence-electron chi connectivity index (χ4n) is 1.38. The van der Waals surface area contributed by atoms with Gasteiger partial charge in [-0.3, -0.25) is 4.79 Å². The number of anilines is 1. The van der Waals surface area contributed by atoms with Gasteiger partial charge in [-0.15, -0.1) is 0 Å². The van der Waals surface area contributed by atoms with Gasteiger partial charge in [-0.05, 0) is 24.4 Å². The normalized spacial score (nSPS) is 12.6. The molecular weight excluding hydrogens is 369 g/mol. The van der Waals surface area contributed by atoms with Crippen LogP contribution in [0.3, 0.4) is 0 Å². The molecule has 122 valence electrons. The van der Waals surface area contributed by atoms with Gasteiger partial charge in [-0.1, -0.05) is 60.8 Å².